The second-order valence-electron chi connectivity index (χ2n) is 4.80. The highest BCUT2D eigenvalue weighted by Crippen LogP contribution is 2.12. The van der Waals surface area contributed by atoms with Gasteiger partial charge in [-0.25, -0.2) is 4.72 Å². The summed E-state index contributed by atoms with van der Waals surface area (Å²) in [7, 11) is -3.70. The predicted octanol–water partition coefficient (Wildman–Crippen LogP) is 1.04. The van der Waals surface area contributed by atoms with Crippen molar-refractivity contribution in [2.75, 3.05) is 19.7 Å². The average Bonchev–Trinajstić information content (AvgIpc) is 2.39. The highest BCUT2D eigenvalue weighted by Gasteiger charge is 2.27. The summed E-state index contributed by atoms with van der Waals surface area (Å²) in [5.41, 5.74) is 0. The minimum atomic E-state index is -3.70. The van der Waals surface area contributed by atoms with Crippen molar-refractivity contribution in [3.05, 3.63) is 0 Å². The van der Waals surface area contributed by atoms with Crippen LogP contribution < -0.4 is 4.72 Å². The molecule has 0 aromatic carbocycles. The van der Waals surface area contributed by atoms with Gasteiger partial charge in [-0.3, -0.25) is 4.79 Å². The molecule has 0 unspecified atom stereocenters. The topological polar surface area (TPSA) is 75.7 Å². The largest absolute Gasteiger partial charge is 0.369 e. The highest BCUT2D eigenvalue weighted by molar-refractivity contribution is 7.87. The first-order chi connectivity index (χ1) is 8.97. The molecule has 0 aromatic rings. The standard InChI is InChI=1S/C12H24N2O4S/c1-3-4-10-18-11(2)12(15)13-19(16,17)14-8-6-5-7-9-14/h11H,3-10H2,1-2H3,(H,13,15)/t11-/m1/s1. The lowest BCUT2D eigenvalue weighted by molar-refractivity contribution is -0.129. The summed E-state index contributed by atoms with van der Waals surface area (Å²) in [6.45, 7) is 5.02. The first kappa shape index (κ1) is 16.4. The van der Waals surface area contributed by atoms with E-state index in [-0.39, 0.29) is 0 Å². The molecule has 19 heavy (non-hydrogen) atoms. The SMILES string of the molecule is CCCCO[C@H](C)C(=O)NS(=O)(=O)N1CCCCC1. The van der Waals surface area contributed by atoms with Crippen LogP contribution in [0, 0.1) is 0 Å². The third kappa shape index (κ3) is 5.46. The molecular weight excluding hydrogens is 268 g/mol. The number of carbonyl (C=O) groups excluding carboxylic acids is 1. The molecule has 0 radical (unpaired) electrons. The van der Waals surface area contributed by atoms with Crippen molar-refractivity contribution in [2.24, 2.45) is 0 Å². The van der Waals surface area contributed by atoms with Crippen LogP contribution in [0.4, 0.5) is 0 Å². The van der Waals surface area contributed by atoms with Gasteiger partial charge in [0.15, 0.2) is 0 Å². The fourth-order valence-electron chi connectivity index (χ4n) is 1.86. The zero-order valence-electron chi connectivity index (χ0n) is 11.7. The highest BCUT2D eigenvalue weighted by atomic mass is 32.2. The van der Waals surface area contributed by atoms with Crippen LogP contribution in [-0.2, 0) is 19.7 Å². The minimum Gasteiger partial charge on any atom is -0.369 e. The van der Waals surface area contributed by atoms with Gasteiger partial charge in [0.1, 0.15) is 6.10 Å². The normalized spacial score (nSPS) is 19.1. The summed E-state index contributed by atoms with van der Waals surface area (Å²) < 4.78 is 32.6. The van der Waals surface area contributed by atoms with Gasteiger partial charge in [-0.2, -0.15) is 12.7 Å². The fourth-order valence-corrected chi connectivity index (χ4v) is 3.15. The Morgan fingerprint density at radius 3 is 2.53 bits per heavy atom. The molecule has 1 aliphatic rings. The van der Waals surface area contributed by atoms with Crippen molar-refractivity contribution in [3.8, 4) is 0 Å². The molecule has 1 saturated heterocycles. The van der Waals surface area contributed by atoms with Crippen LogP contribution in [0.15, 0.2) is 0 Å². The number of nitrogens with one attached hydrogen (secondary N) is 1. The molecule has 0 bridgehead atoms. The van der Waals surface area contributed by atoms with Crippen LogP contribution in [0.3, 0.4) is 0 Å². The molecule has 1 heterocycles. The van der Waals surface area contributed by atoms with Gasteiger partial charge in [0, 0.05) is 19.7 Å². The number of unbranched alkanes of at least 4 members (excludes halogenated alkanes) is 1. The van der Waals surface area contributed by atoms with E-state index in [1.54, 1.807) is 6.92 Å². The summed E-state index contributed by atoms with van der Waals surface area (Å²) in [6, 6.07) is 0. The van der Waals surface area contributed by atoms with Gasteiger partial charge >= 0.3 is 10.2 Å². The number of nitrogens with zero attached hydrogens (tertiary/aromatic N) is 1. The lowest BCUT2D eigenvalue weighted by Gasteiger charge is -2.26. The van der Waals surface area contributed by atoms with Gasteiger partial charge in [-0.15, -0.1) is 0 Å². The van der Waals surface area contributed by atoms with Gasteiger partial charge in [0.25, 0.3) is 5.91 Å². The van der Waals surface area contributed by atoms with E-state index in [2.05, 4.69) is 4.72 Å². The van der Waals surface area contributed by atoms with Crippen molar-refractivity contribution in [2.45, 2.75) is 52.1 Å². The number of rotatable bonds is 7. The molecule has 1 aliphatic heterocycles. The van der Waals surface area contributed by atoms with Crippen molar-refractivity contribution < 1.29 is 17.9 Å². The number of hydrogen-bond donors (Lipinski definition) is 1. The van der Waals surface area contributed by atoms with Crippen LogP contribution >= 0.6 is 0 Å². The molecule has 0 spiro atoms. The Kier molecular flexibility index (Phi) is 6.74. The minimum absolute atomic E-state index is 0.467. The molecule has 1 fully saturated rings. The average molecular weight is 292 g/mol. The molecule has 112 valence electrons. The number of hydrogen-bond acceptors (Lipinski definition) is 4. The van der Waals surface area contributed by atoms with E-state index in [1.807, 2.05) is 6.92 Å². The summed E-state index contributed by atoms with van der Waals surface area (Å²) in [6.07, 6.45) is 3.81. The number of carbonyl (C=O) groups is 1. The summed E-state index contributed by atoms with van der Waals surface area (Å²) in [5, 5.41) is 0. The maximum atomic E-state index is 12.0. The number of ether oxygens (including phenoxy) is 1. The molecule has 0 aliphatic carbocycles. The summed E-state index contributed by atoms with van der Waals surface area (Å²) in [5.74, 6) is -0.596. The van der Waals surface area contributed by atoms with Gasteiger partial charge in [-0.1, -0.05) is 19.8 Å². The molecule has 1 N–H and O–H groups in total. The zero-order valence-corrected chi connectivity index (χ0v) is 12.5. The van der Waals surface area contributed by atoms with Gasteiger partial charge < -0.3 is 4.74 Å². The van der Waals surface area contributed by atoms with Crippen LogP contribution in [-0.4, -0.2) is 44.4 Å². The molecular formula is C12H24N2O4S. The summed E-state index contributed by atoms with van der Waals surface area (Å²) in [4.78, 5) is 11.8. The van der Waals surface area contributed by atoms with E-state index >= 15 is 0 Å². The van der Waals surface area contributed by atoms with Gasteiger partial charge in [-0.05, 0) is 26.2 Å². The second-order valence-corrected chi connectivity index (χ2v) is 6.47. The molecule has 0 saturated carbocycles. The molecule has 7 heteroatoms. The third-order valence-corrected chi connectivity index (χ3v) is 4.62. The smallest absolute Gasteiger partial charge is 0.303 e. The molecule has 6 nitrogen and oxygen atoms in total. The van der Waals surface area contributed by atoms with Gasteiger partial charge in [0.2, 0.25) is 0 Å². The third-order valence-electron chi connectivity index (χ3n) is 3.12. The Bertz CT molecular complexity index is 377. The van der Waals surface area contributed by atoms with Crippen molar-refractivity contribution in [1.82, 2.24) is 9.03 Å². The van der Waals surface area contributed by atoms with Crippen molar-refractivity contribution in [3.63, 3.8) is 0 Å². The Labute approximate surface area is 115 Å². The second kappa shape index (κ2) is 7.81. The number of amides is 1. The van der Waals surface area contributed by atoms with Crippen LogP contribution in [0.5, 0.6) is 0 Å². The van der Waals surface area contributed by atoms with Crippen molar-refractivity contribution >= 4 is 16.1 Å². The maximum Gasteiger partial charge on any atom is 0.303 e. The van der Waals surface area contributed by atoms with E-state index in [4.69, 9.17) is 4.74 Å². The quantitative estimate of drug-likeness (QED) is 0.711. The predicted molar refractivity (Wildman–Crippen MR) is 72.8 cm³/mol. The lowest BCUT2D eigenvalue weighted by Crippen LogP contribution is -2.48. The Morgan fingerprint density at radius 1 is 1.32 bits per heavy atom. The Hall–Kier alpha value is -0.660. The monoisotopic (exact) mass is 292 g/mol. The first-order valence-electron chi connectivity index (χ1n) is 6.90. The lowest BCUT2D eigenvalue weighted by atomic mass is 10.2. The molecule has 0 aromatic heterocycles. The van der Waals surface area contributed by atoms with E-state index in [9.17, 15) is 13.2 Å². The van der Waals surface area contributed by atoms with E-state index in [1.165, 1.54) is 4.31 Å². The van der Waals surface area contributed by atoms with E-state index in [0.29, 0.717) is 19.7 Å². The number of piperidine rings is 1. The molecule has 1 amide bonds. The van der Waals surface area contributed by atoms with E-state index < -0.39 is 22.2 Å². The Balaban J connectivity index is 2.45. The zero-order chi connectivity index (χ0) is 14.3. The fraction of sp³-hybridized carbons (Fsp3) is 0.917. The Morgan fingerprint density at radius 2 is 1.95 bits per heavy atom. The van der Waals surface area contributed by atoms with Gasteiger partial charge in [0.05, 0.1) is 0 Å². The first-order valence-corrected chi connectivity index (χ1v) is 8.34. The molecule has 1 atom stereocenters. The van der Waals surface area contributed by atoms with E-state index in [0.717, 1.165) is 32.1 Å². The molecule has 1 rings (SSSR count). The van der Waals surface area contributed by atoms with Crippen molar-refractivity contribution in [1.29, 1.82) is 0 Å². The summed E-state index contributed by atoms with van der Waals surface area (Å²) >= 11 is 0. The van der Waals surface area contributed by atoms with Crippen LogP contribution in [0.25, 0.3) is 0 Å². The maximum absolute atomic E-state index is 12.0. The van der Waals surface area contributed by atoms with Crippen LogP contribution in [0.1, 0.15) is 46.0 Å². The van der Waals surface area contributed by atoms with Crippen LogP contribution in [0.2, 0.25) is 0 Å².